The van der Waals surface area contributed by atoms with Gasteiger partial charge in [0.1, 0.15) is 16.3 Å². The number of carbonyl (C=O) groups excluding carboxylic acids is 1. The van der Waals surface area contributed by atoms with Crippen molar-refractivity contribution in [2.45, 2.75) is 45.4 Å². The Morgan fingerprint density at radius 3 is 2.62 bits per heavy atom. The molecule has 1 aliphatic rings. The molecule has 0 radical (unpaired) electrons. The highest BCUT2D eigenvalue weighted by Gasteiger charge is 2.37. The molecule has 0 aliphatic carbocycles. The number of hydrogen-bond donors (Lipinski definition) is 1. The fraction of sp³-hybridized carbons (Fsp3) is 0.579. The number of aryl methyl sites for hydroxylation is 1. The Bertz CT molecular complexity index is 987. The number of ether oxygens (including phenoxy) is 1. The smallest absolute Gasteiger partial charge is 0.410 e. The number of aliphatic hydroxyl groups excluding tert-OH is 1. The highest BCUT2D eigenvalue weighted by atomic mass is 35.5. The van der Waals surface area contributed by atoms with Gasteiger partial charge in [0.05, 0.1) is 18.2 Å². The van der Waals surface area contributed by atoms with Crippen molar-refractivity contribution in [1.82, 2.24) is 19.4 Å². The van der Waals surface area contributed by atoms with Crippen molar-refractivity contribution in [3.05, 3.63) is 27.8 Å². The van der Waals surface area contributed by atoms with Gasteiger partial charge in [-0.15, -0.1) is 0 Å². The minimum Gasteiger partial charge on any atom is -0.444 e. The van der Waals surface area contributed by atoms with Crippen molar-refractivity contribution in [1.29, 1.82) is 0 Å². The molecule has 1 N–H and O–H groups in total. The van der Waals surface area contributed by atoms with E-state index in [1.54, 1.807) is 44.9 Å². The SMILES string of the molecule is C[C@@H]1CN(c2nc(=O)n(C)c3ccc(Cl)nc23)C(CO)CN1C(=O)OC(C)(C)C. The van der Waals surface area contributed by atoms with Crippen LogP contribution < -0.4 is 10.6 Å². The number of pyridine rings is 1. The van der Waals surface area contributed by atoms with Crippen LogP contribution in [-0.2, 0) is 11.8 Å². The molecule has 9 nitrogen and oxygen atoms in total. The minimum atomic E-state index is -0.618. The highest BCUT2D eigenvalue weighted by molar-refractivity contribution is 6.29. The molecule has 3 rings (SSSR count). The first-order valence-electron chi connectivity index (χ1n) is 9.42. The molecule has 3 heterocycles. The van der Waals surface area contributed by atoms with Gasteiger partial charge in [-0.25, -0.2) is 14.6 Å². The summed E-state index contributed by atoms with van der Waals surface area (Å²) in [5.74, 6) is 0.348. The van der Waals surface area contributed by atoms with Crippen LogP contribution >= 0.6 is 11.6 Å². The van der Waals surface area contributed by atoms with Crippen molar-refractivity contribution >= 4 is 34.5 Å². The van der Waals surface area contributed by atoms with Gasteiger partial charge < -0.3 is 19.6 Å². The lowest BCUT2D eigenvalue weighted by Crippen LogP contribution is -2.61. The van der Waals surface area contributed by atoms with E-state index in [1.165, 1.54) is 4.57 Å². The third-order valence-corrected chi connectivity index (χ3v) is 5.06. The van der Waals surface area contributed by atoms with E-state index in [4.69, 9.17) is 16.3 Å². The fourth-order valence-corrected chi connectivity index (χ4v) is 3.56. The zero-order valence-corrected chi connectivity index (χ0v) is 18.0. The molecule has 1 saturated heterocycles. The van der Waals surface area contributed by atoms with Crippen LogP contribution in [0.5, 0.6) is 0 Å². The normalized spacial score (nSPS) is 20.2. The number of piperazine rings is 1. The van der Waals surface area contributed by atoms with Crippen LogP contribution in [0.4, 0.5) is 10.6 Å². The average Bonchev–Trinajstić information content (AvgIpc) is 2.62. The predicted molar refractivity (Wildman–Crippen MR) is 110 cm³/mol. The van der Waals surface area contributed by atoms with Gasteiger partial charge in [-0.1, -0.05) is 11.6 Å². The molecule has 2 aromatic heterocycles. The van der Waals surface area contributed by atoms with Gasteiger partial charge in [-0.2, -0.15) is 4.98 Å². The summed E-state index contributed by atoms with van der Waals surface area (Å²) in [7, 11) is 1.61. The number of halogens is 1. The minimum absolute atomic E-state index is 0.228. The van der Waals surface area contributed by atoms with Crippen LogP contribution in [0, 0.1) is 0 Å². The monoisotopic (exact) mass is 423 g/mol. The second-order valence-electron chi connectivity index (χ2n) is 8.25. The number of fused-ring (bicyclic) bond motifs is 1. The zero-order valence-electron chi connectivity index (χ0n) is 17.2. The van der Waals surface area contributed by atoms with Gasteiger partial charge in [0.15, 0.2) is 5.82 Å². The molecule has 1 aliphatic heterocycles. The van der Waals surface area contributed by atoms with E-state index in [0.29, 0.717) is 23.4 Å². The summed E-state index contributed by atoms with van der Waals surface area (Å²) in [5.41, 5.74) is 0.00187. The first kappa shape index (κ1) is 21.3. The topological polar surface area (TPSA) is 101 Å². The second-order valence-corrected chi connectivity index (χ2v) is 8.64. The van der Waals surface area contributed by atoms with E-state index < -0.39 is 23.4 Å². The summed E-state index contributed by atoms with van der Waals surface area (Å²) in [6.45, 7) is 7.65. The Labute approximate surface area is 173 Å². The Hall–Kier alpha value is -2.39. The van der Waals surface area contributed by atoms with Gasteiger partial charge in [0.2, 0.25) is 0 Å². The molecule has 10 heteroatoms. The van der Waals surface area contributed by atoms with E-state index in [2.05, 4.69) is 9.97 Å². The quantitative estimate of drug-likeness (QED) is 0.735. The van der Waals surface area contributed by atoms with Gasteiger partial charge in [-0.3, -0.25) is 4.57 Å². The number of amides is 1. The molecule has 1 fully saturated rings. The van der Waals surface area contributed by atoms with Crippen molar-refractivity contribution in [3.63, 3.8) is 0 Å². The number of nitrogens with zero attached hydrogens (tertiary/aromatic N) is 5. The third-order valence-electron chi connectivity index (χ3n) is 4.85. The standard InChI is InChI=1S/C19H26ClN5O4/c1-11-8-25(12(10-26)9-24(11)18(28)29-19(2,3)4)16-15-13(6-7-14(20)21-15)23(5)17(27)22-16/h6-7,11-12,26H,8-10H2,1-5H3/t11-,12?/m1/s1. The van der Waals surface area contributed by atoms with Crippen molar-refractivity contribution < 1.29 is 14.6 Å². The molecule has 1 unspecified atom stereocenters. The highest BCUT2D eigenvalue weighted by Crippen LogP contribution is 2.28. The largest absolute Gasteiger partial charge is 0.444 e. The summed E-state index contributed by atoms with van der Waals surface area (Å²) >= 11 is 6.08. The zero-order chi connectivity index (χ0) is 21.5. The summed E-state index contributed by atoms with van der Waals surface area (Å²) < 4.78 is 6.89. The maximum absolute atomic E-state index is 12.6. The Morgan fingerprint density at radius 1 is 1.31 bits per heavy atom. The number of rotatable bonds is 2. The maximum atomic E-state index is 12.6. The third kappa shape index (κ3) is 4.30. The van der Waals surface area contributed by atoms with Crippen LogP contribution in [0.2, 0.25) is 5.15 Å². The van der Waals surface area contributed by atoms with Gasteiger partial charge in [0, 0.05) is 26.2 Å². The van der Waals surface area contributed by atoms with Gasteiger partial charge in [-0.05, 0) is 39.8 Å². The molecule has 158 valence electrons. The molecule has 1 amide bonds. The van der Waals surface area contributed by atoms with Crippen LogP contribution in [0.1, 0.15) is 27.7 Å². The Balaban J connectivity index is 2.00. The van der Waals surface area contributed by atoms with E-state index >= 15 is 0 Å². The molecule has 0 spiro atoms. The lowest BCUT2D eigenvalue weighted by Gasteiger charge is -2.45. The summed E-state index contributed by atoms with van der Waals surface area (Å²) in [6.07, 6.45) is -0.439. The summed E-state index contributed by atoms with van der Waals surface area (Å²) in [6, 6.07) is 2.63. The molecule has 0 bridgehead atoms. The van der Waals surface area contributed by atoms with E-state index in [1.807, 2.05) is 11.8 Å². The summed E-state index contributed by atoms with van der Waals surface area (Å²) in [5, 5.41) is 10.3. The van der Waals surface area contributed by atoms with Crippen molar-refractivity contribution in [2.24, 2.45) is 7.05 Å². The number of hydrogen-bond acceptors (Lipinski definition) is 7. The summed E-state index contributed by atoms with van der Waals surface area (Å²) in [4.78, 5) is 37.0. The number of aliphatic hydroxyl groups is 1. The van der Waals surface area contributed by atoms with Crippen molar-refractivity contribution in [3.8, 4) is 0 Å². The fourth-order valence-electron chi connectivity index (χ4n) is 3.41. The number of aromatic nitrogens is 3. The predicted octanol–water partition coefficient (Wildman–Crippen LogP) is 1.79. The van der Waals surface area contributed by atoms with E-state index in [0.717, 1.165) is 0 Å². The molecule has 2 aromatic rings. The molecular weight excluding hydrogens is 398 g/mol. The Morgan fingerprint density at radius 2 is 2.00 bits per heavy atom. The van der Waals surface area contributed by atoms with Crippen LogP contribution in [0.3, 0.4) is 0 Å². The lowest BCUT2D eigenvalue weighted by molar-refractivity contribution is 0.0103. The van der Waals surface area contributed by atoms with Crippen LogP contribution in [0.15, 0.2) is 16.9 Å². The Kier molecular flexibility index (Phi) is 5.73. The average molecular weight is 424 g/mol. The first-order chi connectivity index (χ1) is 13.5. The van der Waals surface area contributed by atoms with Crippen molar-refractivity contribution in [2.75, 3.05) is 24.6 Å². The van der Waals surface area contributed by atoms with Gasteiger partial charge >= 0.3 is 11.8 Å². The molecule has 2 atom stereocenters. The van der Waals surface area contributed by atoms with Gasteiger partial charge in [0.25, 0.3) is 0 Å². The lowest BCUT2D eigenvalue weighted by atomic mass is 10.1. The molecular formula is C19H26ClN5O4. The van der Waals surface area contributed by atoms with E-state index in [9.17, 15) is 14.7 Å². The molecule has 0 saturated carbocycles. The molecule has 29 heavy (non-hydrogen) atoms. The number of carbonyl (C=O) groups is 1. The number of anilines is 1. The molecule has 0 aromatic carbocycles. The van der Waals surface area contributed by atoms with E-state index in [-0.39, 0.29) is 24.3 Å². The van der Waals surface area contributed by atoms with Crippen LogP contribution in [-0.4, -0.2) is 68.0 Å². The second kappa shape index (κ2) is 7.79. The maximum Gasteiger partial charge on any atom is 0.410 e. The first-order valence-corrected chi connectivity index (χ1v) is 9.80. The van der Waals surface area contributed by atoms with Crippen LogP contribution in [0.25, 0.3) is 11.0 Å².